The largest absolute Gasteiger partial charge is 0.463 e. The van der Waals surface area contributed by atoms with E-state index in [0.717, 1.165) is 5.56 Å². The Morgan fingerprint density at radius 2 is 1.87 bits per heavy atom. The summed E-state index contributed by atoms with van der Waals surface area (Å²) in [6.45, 7) is 7.48. The van der Waals surface area contributed by atoms with E-state index in [2.05, 4.69) is 23.8 Å². The molecular weight excluding hydrogens is 190 g/mol. The molecule has 2 N–H and O–H groups in total. The van der Waals surface area contributed by atoms with Crippen molar-refractivity contribution < 1.29 is 4.74 Å². The first-order valence-corrected chi connectivity index (χ1v) is 5.28. The first kappa shape index (κ1) is 11.9. The zero-order valence-corrected chi connectivity index (χ0v) is 9.60. The average Bonchev–Trinajstić information content (AvgIpc) is 2.26. The van der Waals surface area contributed by atoms with Gasteiger partial charge in [-0.1, -0.05) is 20.8 Å². The Labute approximate surface area is 90.9 Å². The quantitative estimate of drug-likeness (QED) is 0.799. The molecule has 0 aliphatic carbocycles. The Morgan fingerprint density at radius 1 is 1.27 bits per heavy atom. The van der Waals surface area contributed by atoms with Gasteiger partial charge in [0.2, 0.25) is 0 Å². The molecule has 0 amide bonds. The standard InChI is InChI=1S/C11H19N3O/c1-8(2)7-15-11-13-5-10(6-14-11)9(3)4-12/h5-6,8-9H,4,7,12H2,1-3H3. The van der Waals surface area contributed by atoms with Gasteiger partial charge < -0.3 is 10.5 Å². The zero-order valence-electron chi connectivity index (χ0n) is 9.60. The van der Waals surface area contributed by atoms with Gasteiger partial charge in [-0.3, -0.25) is 0 Å². The summed E-state index contributed by atoms with van der Waals surface area (Å²) in [6, 6.07) is 0.441. The second kappa shape index (κ2) is 5.66. The van der Waals surface area contributed by atoms with Crippen LogP contribution in [-0.2, 0) is 0 Å². The van der Waals surface area contributed by atoms with E-state index in [4.69, 9.17) is 10.5 Å². The van der Waals surface area contributed by atoms with Crippen LogP contribution in [0.3, 0.4) is 0 Å². The fourth-order valence-electron chi connectivity index (χ4n) is 1.03. The number of hydrogen-bond acceptors (Lipinski definition) is 4. The molecule has 0 saturated carbocycles. The van der Waals surface area contributed by atoms with Crippen LogP contribution in [0.4, 0.5) is 0 Å². The Hall–Kier alpha value is -1.16. The summed E-state index contributed by atoms with van der Waals surface area (Å²) in [5, 5.41) is 0. The lowest BCUT2D eigenvalue weighted by atomic mass is 10.1. The zero-order chi connectivity index (χ0) is 11.3. The van der Waals surface area contributed by atoms with Gasteiger partial charge in [-0.05, 0) is 23.9 Å². The van der Waals surface area contributed by atoms with Crippen molar-refractivity contribution in [1.82, 2.24) is 9.97 Å². The molecule has 0 aliphatic rings. The van der Waals surface area contributed by atoms with E-state index in [0.29, 0.717) is 31.0 Å². The topological polar surface area (TPSA) is 61.0 Å². The van der Waals surface area contributed by atoms with Crippen LogP contribution in [0.25, 0.3) is 0 Å². The van der Waals surface area contributed by atoms with E-state index in [1.165, 1.54) is 0 Å². The van der Waals surface area contributed by atoms with Gasteiger partial charge in [0.05, 0.1) is 6.61 Å². The molecule has 1 rings (SSSR count). The Morgan fingerprint density at radius 3 is 2.33 bits per heavy atom. The second-order valence-corrected chi connectivity index (χ2v) is 4.14. The molecular formula is C11H19N3O. The van der Waals surface area contributed by atoms with Gasteiger partial charge in [0.25, 0.3) is 0 Å². The minimum Gasteiger partial charge on any atom is -0.463 e. The Balaban J connectivity index is 2.56. The molecule has 1 atom stereocenters. The van der Waals surface area contributed by atoms with Gasteiger partial charge in [0.15, 0.2) is 0 Å². The summed E-state index contributed by atoms with van der Waals surface area (Å²) >= 11 is 0. The van der Waals surface area contributed by atoms with E-state index in [9.17, 15) is 0 Å². The normalized spacial score (nSPS) is 12.9. The van der Waals surface area contributed by atoms with E-state index in [1.807, 2.05) is 6.92 Å². The van der Waals surface area contributed by atoms with E-state index >= 15 is 0 Å². The van der Waals surface area contributed by atoms with Crippen molar-refractivity contribution in [3.8, 4) is 6.01 Å². The predicted molar refractivity (Wildman–Crippen MR) is 59.8 cm³/mol. The van der Waals surface area contributed by atoms with Crippen LogP contribution in [0.1, 0.15) is 32.3 Å². The van der Waals surface area contributed by atoms with Crippen LogP contribution in [0.5, 0.6) is 6.01 Å². The Kier molecular flexibility index (Phi) is 4.49. The molecule has 0 bridgehead atoms. The van der Waals surface area contributed by atoms with Crippen LogP contribution in [0.2, 0.25) is 0 Å². The van der Waals surface area contributed by atoms with Crippen LogP contribution in [0.15, 0.2) is 12.4 Å². The second-order valence-electron chi connectivity index (χ2n) is 4.14. The molecule has 0 saturated heterocycles. The SMILES string of the molecule is CC(C)COc1ncc(C(C)CN)cn1. The molecule has 0 spiro atoms. The van der Waals surface area contributed by atoms with Crippen LogP contribution < -0.4 is 10.5 Å². The molecule has 1 heterocycles. The predicted octanol–water partition coefficient (Wildman–Crippen LogP) is 1.57. The van der Waals surface area contributed by atoms with Crippen LogP contribution in [0, 0.1) is 5.92 Å². The minimum absolute atomic E-state index is 0.296. The first-order valence-electron chi connectivity index (χ1n) is 5.28. The summed E-state index contributed by atoms with van der Waals surface area (Å²) in [4.78, 5) is 8.26. The van der Waals surface area contributed by atoms with Crippen molar-refractivity contribution >= 4 is 0 Å². The van der Waals surface area contributed by atoms with Crippen molar-refractivity contribution in [1.29, 1.82) is 0 Å². The van der Waals surface area contributed by atoms with E-state index in [-0.39, 0.29) is 0 Å². The number of rotatable bonds is 5. The first-order chi connectivity index (χ1) is 7.13. The molecule has 1 unspecified atom stereocenters. The number of hydrogen-bond donors (Lipinski definition) is 1. The number of aromatic nitrogens is 2. The van der Waals surface area contributed by atoms with Gasteiger partial charge in [0, 0.05) is 12.4 Å². The third-order valence-electron chi connectivity index (χ3n) is 2.12. The summed E-state index contributed by atoms with van der Waals surface area (Å²) in [5.41, 5.74) is 6.60. The fourth-order valence-corrected chi connectivity index (χ4v) is 1.03. The average molecular weight is 209 g/mol. The Bertz CT molecular complexity index is 284. The third kappa shape index (κ3) is 3.83. The lowest BCUT2D eigenvalue weighted by molar-refractivity contribution is 0.250. The smallest absolute Gasteiger partial charge is 0.316 e. The maximum atomic E-state index is 5.55. The highest BCUT2D eigenvalue weighted by atomic mass is 16.5. The molecule has 15 heavy (non-hydrogen) atoms. The lowest BCUT2D eigenvalue weighted by Crippen LogP contribution is -2.11. The molecule has 0 radical (unpaired) electrons. The van der Waals surface area contributed by atoms with Crippen molar-refractivity contribution in [3.63, 3.8) is 0 Å². The fraction of sp³-hybridized carbons (Fsp3) is 0.636. The van der Waals surface area contributed by atoms with Gasteiger partial charge in [0.1, 0.15) is 0 Å². The number of ether oxygens (including phenoxy) is 1. The monoisotopic (exact) mass is 209 g/mol. The third-order valence-corrected chi connectivity index (χ3v) is 2.12. The van der Waals surface area contributed by atoms with Crippen LogP contribution in [-0.4, -0.2) is 23.1 Å². The maximum Gasteiger partial charge on any atom is 0.316 e. The van der Waals surface area contributed by atoms with Crippen molar-refractivity contribution in [2.75, 3.05) is 13.2 Å². The highest BCUT2D eigenvalue weighted by molar-refractivity contribution is 5.12. The van der Waals surface area contributed by atoms with Gasteiger partial charge >= 0.3 is 6.01 Å². The minimum atomic E-state index is 0.296. The highest BCUT2D eigenvalue weighted by Crippen LogP contribution is 2.12. The summed E-state index contributed by atoms with van der Waals surface area (Å²) in [5.74, 6) is 0.778. The molecule has 1 aromatic rings. The summed E-state index contributed by atoms with van der Waals surface area (Å²) < 4.78 is 5.38. The van der Waals surface area contributed by atoms with Gasteiger partial charge in [-0.25, -0.2) is 9.97 Å². The van der Waals surface area contributed by atoms with E-state index < -0.39 is 0 Å². The lowest BCUT2D eigenvalue weighted by Gasteiger charge is -2.09. The van der Waals surface area contributed by atoms with Crippen molar-refractivity contribution in [3.05, 3.63) is 18.0 Å². The number of nitrogens with zero attached hydrogens (tertiary/aromatic N) is 2. The van der Waals surface area contributed by atoms with Crippen LogP contribution >= 0.6 is 0 Å². The maximum absolute atomic E-state index is 5.55. The highest BCUT2D eigenvalue weighted by Gasteiger charge is 2.05. The molecule has 4 nitrogen and oxygen atoms in total. The molecule has 4 heteroatoms. The molecule has 0 aromatic carbocycles. The van der Waals surface area contributed by atoms with Crippen molar-refractivity contribution in [2.24, 2.45) is 11.7 Å². The van der Waals surface area contributed by atoms with Gasteiger partial charge in [-0.2, -0.15) is 0 Å². The molecule has 1 aromatic heterocycles. The molecule has 84 valence electrons. The van der Waals surface area contributed by atoms with Gasteiger partial charge in [-0.15, -0.1) is 0 Å². The van der Waals surface area contributed by atoms with E-state index in [1.54, 1.807) is 12.4 Å². The summed E-state index contributed by atoms with van der Waals surface area (Å²) in [7, 11) is 0. The molecule has 0 fully saturated rings. The number of nitrogens with two attached hydrogens (primary N) is 1. The summed E-state index contributed by atoms with van der Waals surface area (Å²) in [6.07, 6.45) is 3.56. The van der Waals surface area contributed by atoms with Crippen molar-refractivity contribution in [2.45, 2.75) is 26.7 Å². The molecule has 0 aliphatic heterocycles.